The van der Waals surface area contributed by atoms with E-state index in [4.69, 9.17) is 11.6 Å². The third-order valence-corrected chi connectivity index (χ3v) is 4.95. The summed E-state index contributed by atoms with van der Waals surface area (Å²) in [6.45, 7) is 1.64. The number of aromatic nitrogens is 1. The van der Waals surface area contributed by atoms with Crippen LogP contribution in [0.4, 0.5) is 4.39 Å². The lowest BCUT2D eigenvalue weighted by Crippen LogP contribution is -2.28. The van der Waals surface area contributed by atoms with Gasteiger partial charge in [0.1, 0.15) is 11.5 Å². The fourth-order valence-electron chi connectivity index (χ4n) is 2.46. The van der Waals surface area contributed by atoms with Crippen molar-refractivity contribution in [1.29, 1.82) is 0 Å². The predicted octanol–water partition coefficient (Wildman–Crippen LogP) is 3.10. The average molecular weight is 368 g/mol. The SMILES string of the molecule is O=C(NCc1ccc(F)cc1Cl)c1csc(C(=O)N2CCCC2)n1. The molecule has 3 rings (SSSR count). The van der Waals surface area contributed by atoms with Crippen molar-refractivity contribution in [2.45, 2.75) is 19.4 Å². The van der Waals surface area contributed by atoms with Crippen molar-refractivity contribution >= 4 is 34.8 Å². The van der Waals surface area contributed by atoms with E-state index in [0.29, 0.717) is 10.6 Å². The molecule has 5 nitrogen and oxygen atoms in total. The summed E-state index contributed by atoms with van der Waals surface area (Å²) in [5, 5.41) is 4.80. The van der Waals surface area contributed by atoms with Crippen molar-refractivity contribution in [3.8, 4) is 0 Å². The Bertz CT molecular complexity index is 774. The smallest absolute Gasteiger partial charge is 0.282 e. The maximum absolute atomic E-state index is 13.0. The largest absolute Gasteiger partial charge is 0.347 e. The molecule has 126 valence electrons. The van der Waals surface area contributed by atoms with E-state index in [2.05, 4.69) is 10.3 Å². The third kappa shape index (κ3) is 3.73. The fraction of sp³-hybridized carbons (Fsp3) is 0.312. The Hall–Kier alpha value is -1.99. The zero-order chi connectivity index (χ0) is 17.1. The van der Waals surface area contributed by atoms with Crippen molar-refractivity contribution in [3.05, 3.63) is 50.7 Å². The van der Waals surface area contributed by atoms with Crippen molar-refractivity contribution in [2.24, 2.45) is 0 Å². The first-order valence-corrected chi connectivity index (χ1v) is 8.77. The zero-order valence-corrected chi connectivity index (χ0v) is 14.3. The van der Waals surface area contributed by atoms with Crippen LogP contribution in [0.2, 0.25) is 5.02 Å². The molecular weight excluding hydrogens is 353 g/mol. The number of amides is 2. The fourth-order valence-corrected chi connectivity index (χ4v) is 3.46. The Morgan fingerprint density at radius 3 is 2.79 bits per heavy atom. The maximum atomic E-state index is 13.0. The number of likely N-dealkylation sites (tertiary alicyclic amines) is 1. The van der Waals surface area contributed by atoms with Crippen LogP contribution in [0.1, 0.15) is 38.7 Å². The topological polar surface area (TPSA) is 62.3 Å². The summed E-state index contributed by atoms with van der Waals surface area (Å²) in [4.78, 5) is 30.2. The summed E-state index contributed by atoms with van der Waals surface area (Å²) < 4.78 is 13.0. The Labute approximate surface area is 147 Å². The minimum absolute atomic E-state index is 0.127. The summed E-state index contributed by atoms with van der Waals surface area (Å²) in [5.74, 6) is -0.954. The van der Waals surface area contributed by atoms with Crippen molar-refractivity contribution in [1.82, 2.24) is 15.2 Å². The number of hydrogen-bond acceptors (Lipinski definition) is 4. The molecule has 0 radical (unpaired) electrons. The monoisotopic (exact) mass is 367 g/mol. The van der Waals surface area contributed by atoms with E-state index in [1.807, 2.05) is 0 Å². The van der Waals surface area contributed by atoms with Gasteiger partial charge in [-0.1, -0.05) is 17.7 Å². The van der Waals surface area contributed by atoms with Crippen LogP contribution < -0.4 is 5.32 Å². The molecule has 0 saturated carbocycles. The second-order valence-corrected chi connectivity index (χ2v) is 6.72. The van der Waals surface area contributed by atoms with Gasteiger partial charge in [-0.25, -0.2) is 9.37 Å². The molecule has 1 saturated heterocycles. The van der Waals surface area contributed by atoms with Gasteiger partial charge in [-0.2, -0.15) is 0 Å². The third-order valence-electron chi connectivity index (χ3n) is 3.77. The van der Waals surface area contributed by atoms with Gasteiger partial charge >= 0.3 is 0 Å². The van der Waals surface area contributed by atoms with Crippen LogP contribution in [-0.4, -0.2) is 34.8 Å². The molecule has 0 atom stereocenters. The first kappa shape index (κ1) is 16.9. The second kappa shape index (κ2) is 7.27. The molecule has 2 aromatic rings. The lowest BCUT2D eigenvalue weighted by atomic mass is 10.2. The standard InChI is InChI=1S/C16H15ClFN3O2S/c17-12-7-11(18)4-3-10(12)8-19-14(22)13-9-24-15(20-13)16(23)21-5-1-2-6-21/h3-4,7,9H,1-2,5-6,8H2,(H,19,22). The van der Waals surface area contributed by atoms with Gasteiger partial charge in [0, 0.05) is 30.0 Å². The first-order chi connectivity index (χ1) is 11.5. The van der Waals surface area contributed by atoms with Crippen LogP contribution >= 0.6 is 22.9 Å². The number of carbonyl (C=O) groups excluding carboxylic acids is 2. The van der Waals surface area contributed by atoms with Crippen molar-refractivity contribution < 1.29 is 14.0 Å². The van der Waals surface area contributed by atoms with Crippen molar-refractivity contribution in [2.75, 3.05) is 13.1 Å². The highest BCUT2D eigenvalue weighted by molar-refractivity contribution is 7.11. The van der Waals surface area contributed by atoms with Gasteiger partial charge in [0.15, 0.2) is 5.01 Å². The lowest BCUT2D eigenvalue weighted by molar-refractivity contribution is 0.0792. The molecule has 1 aliphatic rings. The number of thiazole rings is 1. The quantitative estimate of drug-likeness (QED) is 0.903. The Kier molecular flexibility index (Phi) is 5.11. The predicted molar refractivity (Wildman–Crippen MR) is 89.8 cm³/mol. The van der Waals surface area contributed by atoms with Gasteiger partial charge in [-0.3, -0.25) is 9.59 Å². The van der Waals surface area contributed by atoms with Crippen molar-refractivity contribution in [3.63, 3.8) is 0 Å². The van der Waals surface area contributed by atoms with Gasteiger partial charge in [-0.05, 0) is 30.5 Å². The Balaban J connectivity index is 1.62. The minimum Gasteiger partial charge on any atom is -0.347 e. The molecule has 1 fully saturated rings. The molecule has 1 aliphatic heterocycles. The maximum Gasteiger partial charge on any atom is 0.282 e. The van der Waals surface area contributed by atoms with Crippen LogP contribution in [0.5, 0.6) is 0 Å². The zero-order valence-electron chi connectivity index (χ0n) is 12.7. The van der Waals surface area contributed by atoms with Gasteiger partial charge < -0.3 is 10.2 Å². The van der Waals surface area contributed by atoms with E-state index in [1.54, 1.807) is 10.3 Å². The highest BCUT2D eigenvalue weighted by Gasteiger charge is 2.23. The molecule has 2 amide bonds. The number of hydrogen-bond donors (Lipinski definition) is 1. The van der Waals surface area contributed by atoms with E-state index < -0.39 is 11.7 Å². The molecule has 24 heavy (non-hydrogen) atoms. The number of rotatable bonds is 4. The summed E-state index contributed by atoms with van der Waals surface area (Å²) in [6.07, 6.45) is 2.01. The highest BCUT2D eigenvalue weighted by atomic mass is 35.5. The summed E-state index contributed by atoms with van der Waals surface area (Å²) in [5.41, 5.74) is 0.802. The molecule has 1 N–H and O–H groups in total. The molecular formula is C16H15ClFN3O2S. The second-order valence-electron chi connectivity index (χ2n) is 5.46. The molecule has 8 heteroatoms. The lowest BCUT2D eigenvalue weighted by Gasteiger charge is -2.12. The van der Waals surface area contributed by atoms with E-state index in [-0.39, 0.29) is 23.2 Å². The first-order valence-electron chi connectivity index (χ1n) is 7.51. The van der Waals surface area contributed by atoms with Crippen LogP contribution in [0.3, 0.4) is 0 Å². The molecule has 0 bridgehead atoms. The van der Waals surface area contributed by atoms with E-state index in [1.165, 1.54) is 18.2 Å². The molecule has 2 heterocycles. The molecule has 1 aromatic carbocycles. The number of benzene rings is 1. The van der Waals surface area contributed by atoms with E-state index in [0.717, 1.165) is 37.3 Å². The average Bonchev–Trinajstić information content (AvgIpc) is 3.25. The van der Waals surface area contributed by atoms with Crippen LogP contribution in [0.15, 0.2) is 23.6 Å². The van der Waals surface area contributed by atoms with Gasteiger partial charge in [0.2, 0.25) is 0 Å². The normalized spacial score (nSPS) is 14.0. The van der Waals surface area contributed by atoms with Crippen LogP contribution in [0, 0.1) is 5.82 Å². The number of nitrogens with zero attached hydrogens (tertiary/aromatic N) is 2. The van der Waals surface area contributed by atoms with E-state index in [9.17, 15) is 14.0 Å². The molecule has 0 spiro atoms. The summed E-state index contributed by atoms with van der Waals surface area (Å²) in [7, 11) is 0. The van der Waals surface area contributed by atoms with Gasteiger partial charge in [0.05, 0.1) is 0 Å². The Morgan fingerprint density at radius 2 is 2.08 bits per heavy atom. The van der Waals surface area contributed by atoms with Crippen LogP contribution in [-0.2, 0) is 6.54 Å². The van der Waals surface area contributed by atoms with Gasteiger partial charge in [-0.15, -0.1) is 11.3 Å². The van der Waals surface area contributed by atoms with Gasteiger partial charge in [0.25, 0.3) is 11.8 Å². The van der Waals surface area contributed by atoms with E-state index >= 15 is 0 Å². The number of carbonyl (C=O) groups is 2. The molecule has 1 aromatic heterocycles. The Morgan fingerprint density at radius 1 is 1.33 bits per heavy atom. The summed E-state index contributed by atoms with van der Waals surface area (Å²) >= 11 is 7.08. The highest BCUT2D eigenvalue weighted by Crippen LogP contribution is 2.18. The number of nitrogens with one attached hydrogen (secondary N) is 1. The number of halogens is 2. The molecule has 0 unspecified atom stereocenters. The summed E-state index contributed by atoms with van der Waals surface area (Å²) in [6, 6.07) is 3.99. The minimum atomic E-state index is -0.431. The molecule has 0 aliphatic carbocycles. The van der Waals surface area contributed by atoms with Crippen LogP contribution in [0.25, 0.3) is 0 Å².